The number of hydrogen-bond donors (Lipinski definition) is 1. The minimum absolute atomic E-state index is 0.184. The molecule has 0 aliphatic heterocycles. The molecule has 3 aromatic rings. The van der Waals surface area contributed by atoms with Gasteiger partial charge in [0.25, 0.3) is 10.0 Å². The molecule has 1 aromatic heterocycles. The maximum atomic E-state index is 13.1. The third-order valence-corrected chi connectivity index (χ3v) is 5.62. The van der Waals surface area contributed by atoms with Crippen molar-refractivity contribution in [1.82, 2.24) is 9.78 Å². The minimum atomic E-state index is -3.69. The first-order valence-corrected chi connectivity index (χ1v) is 9.81. The number of sulfonamides is 1. The molecule has 0 unspecified atom stereocenters. The summed E-state index contributed by atoms with van der Waals surface area (Å²) < 4.78 is 42.0. The highest BCUT2D eigenvalue weighted by molar-refractivity contribution is 7.92. The van der Waals surface area contributed by atoms with Crippen molar-refractivity contribution in [2.24, 2.45) is 0 Å². The second kappa shape index (κ2) is 7.47. The van der Waals surface area contributed by atoms with Crippen LogP contribution < -0.4 is 4.72 Å². The monoisotopic (exact) mass is 393 g/mol. The van der Waals surface area contributed by atoms with Crippen molar-refractivity contribution in [3.63, 3.8) is 0 Å². The first-order chi connectivity index (χ1) is 12.4. The van der Waals surface area contributed by atoms with E-state index in [1.165, 1.54) is 23.0 Å². The van der Waals surface area contributed by atoms with Gasteiger partial charge in [0, 0.05) is 11.2 Å². The number of anilines is 1. The molecule has 0 saturated heterocycles. The Bertz CT molecular complexity index is 1020. The average molecular weight is 394 g/mol. The molecule has 1 heterocycles. The van der Waals surface area contributed by atoms with Gasteiger partial charge in [0.15, 0.2) is 0 Å². The maximum Gasteiger partial charge on any atom is 0.261 e. The number of nitrogens with zero attached hydrogens (tertiary/aromatic N) is 2. The zero-order valence-electron chi connectivity index (χ0n) is 14.0. The van der Waals surface area contributed by atoms with E-state index in [4.69, 9.17) is 11.6 Å². The van der Waals surface area contributed by atoms with Crippen LogP contribution in [-0.2, 0) is 23.0 Å². The first kappa shape index (κ1) is 18.4. The van der Waals surface area contributed by atoms with Gasteiger partial charge in [-0.3, -0.25) is 9.40 Å². The minimum Gasteiger partial charge on any atom is -0.276 e. The highest BCUT2D eigenvalue weighted by atomic mass is 35.5. The van der Waals surface area contributed by atoms with E-state index in [0.717, 1.165) is 12.0 Å². The number of halogens is 2. The van der Waals surface area contributed by atoms with Crippen molar-refractivity contribution >= 4 is 27.3 Å². The van der Waals surface area contributed by atoms with Gasteiger partial charge >= 0.3 is 0 Å². The largest absolute Gasteiger partial charge is 0.276 e. The van der Waals surface area contributed by atoms with Crippen LogP contribution >= 0.6 is 11.6 Å². The number of benzene rings is 2. The van der Waals surface area contributed by atoms with E-state index >= 15 is 0 Å². The van der Waals surface area contributed by atoms with Crippen LogP contribution in [0.5, 0.6) is 0 Å². The smallest absolute Gasteiger partial charge is 0.261 e. The van der Waals surface area contributed by atoms with Crippen molar-refractivity contribution in [2.45, 2.75) is 24.8 Å². The summed E-state index contributed by atoms with van der Waals surface area (Å²) in [4.78, 5) is 0.184. The van der Waals surface area contributed by atoms with Crippen LogP contribution in [0, 0.1) is 5.82 Å². The van der Waals surface area contributed by atoms with Crippen LogP contribution in [0.15, 0.2) is 59.8 Å². The van der Waals surface area contributed by atoms with E-state index in [1.54, 1.807) is 36.5 Å². The number of rotatable bonds is 6. The van der Waals surface area contributed by atoms with Gasteiger partial charge < -0.3 is 0 Å². The summed E-state index contributed by atoms with van der Waals surface area (Å²) in [5.74, 6) is -0.415. The van der Waals surface area contributed by atoms with Gasteiger partial charge in [-0.25, -0.2) is 12.8 Å². The molecule has 2 aromatic carbocycles. The molecule has 0 aliphatic rings. The van der Waals surface area contributed by atoms with Crippen LogP contribution in [0.25, 0.3) is 0 Å². The molecule has 0 atom stereocenters. The van der Waals surface area contributed by atoms with Crippen molar-refractivity contribution in [1.29, 1.82) is 0 Å². The predicted octanol–water partition coefficient (Wildman–Crippen LogP) is 4.09. The molecule has 0 radical (unpaired) electrons. The van der Waals surface area contributed by atoms with E-state index in [2.05, 4.69) is 9.82 Å². The SMILES string of the molecule is CCc1ccc(S(=O)(=O)Nc2cnn(Cc3ccc(F)cc3Cl)c2)cc1. The van der Waals surface area contributed by atoms with Crippen molar-refractivity contribution in [3.05, 3.63) is 76.8 Å². The highest BCUT2D eigenvalue weighted by Crippen LogP contribution is 2.20. The highest BCUT2D eigenvalue weighted by Gasteiger charge is 2.15. The quantitative estimate of drug-likeness (QED) is 0.686. The Balaban J connectivity index is 1.74. The van der Waals surface area contributed by atoms with Gasteiger partial charge in [-0.1, -0.05) is 36.7 Å². The molecular weight excluding hydrogens is 377 g/mol. The topological polar surface area (TPSA) is 64.0 Å². The maximum absolute atomic E-state index is 13.1. The van der Waals surface area contributed by atoms with Crippen molar-refractivity contribution in [2.75, 3.05) is 4.72 Å². The number of aromatic nitrogens is 2. The van der Waals surface area contributed by atoms with Crippen LogP contribution in [0.1, 0.15) is 18.1 Å². The molecule has 136 valence electrons. The fraction of sp³-hybridized carbons (Fsp3) is 0.167. The standard InChI is InChI=1S/C18H17ClFN3O2S/c1-2-13-3-7-17(8-4-13)26(24,25)22-16-10-21-23(12-16)11-14-5-6-15(20)9-18(14)19/h3-10,12,22H,2,11H2,1H3. The van der Waals surface area contributed by atoms with E-state index in [9.17, 15) is 12.8 Å². The lowest BCUT2D eigenvalue weighted by molar-refractivity contribution is 0.601. The van der Waals surface area contributed by atoms with E-state index in [-0.39, 0.29) is 4.90 Å². The molecule has 26 heavy (non-hydrogen) atoms. The Labute approximate surface area is 156 Å². The van der Waals surface area contributed by atoms with E-state index in [1.807, 2.05) is 6.92 Å². The van der Waals surface area contributed by atoms with E-state index < -0.39 is 15.8 Å². The van der Waals surface area contributed by atoms with Gasteiger partial charge in [-0.15, -0.1) is 0 Å². The van der Waals surface area contributed by atoms with Gasteiger partial charge in [0.05, 0.1) is 23.3 Å². The molecule has 1 N–H and O–H groups in total. The molecule has 5 nitrogen and oxygen atoms in total. The normalized spacial score (nSPS) is 11.5. The lowest BCUT2D eigenvalue weighted by Crippen LogP contribution is -2.12. The van der Waals surface area contributed by atoms with Gasteiger partial charge in [0.2, 0.25) is 0 Å². The molecule has 0 aliphatic carbocycles. The third-order valence-electron chi connectivity index (χ3n) is 3.87. The number of nitrogens with one attached hydrogen (secondary N) is 1. The van der Waals surface area contributed by atoms with Crippen LogP contribution in [0.2, 0.25) is 5.02 Å². The molecule has 0 saturated carbocycles. The summed E-state index contributed by atoms with van der Waals surface area (Å²) in [5.41, 5.74) is 2.08. The molecule has 0 fully saturated rings. The molecule has 8 heteroatoms. The predicted molar refractivity (Wildman–Crippen MR) is 99.4 cm³/mol. The zero-order valence-corrected chi connectivity index (χ0v) is 15.6. The Kier molecular flexibility index (Phi) is 5.29. The van der Waals surface area contributed by atoms with Gasteiger partial charge in [-0.2, -0.15) is 5.10 Å². The summed E-state index contributed by atoms with van der Waals surface area (Å²) in [6, 6.07) is 10.8. The van der Waals surface area contributed by atoms with Crippen molar-refractivity contribution < 1.29 is 12.8 Å². The Morgan fingerprint density at radius 3 is 2.58 bits per heavy atom. The molecule has 0 amide bonds. The summed E-state index contributed by atoms with van der Waals surface area (Å²) in [6.45, 7) is 2.30. The fourth-order valence-electron chi connectivity index (χ4n) is 2.45. The number of hydrogen-bond acceptors (Lipinski definition) is 3. The number of aryl methyl sites for hydroxylation is 1. The second-order valence-electron chi connectivity index (χ2n) is 5.77. The summed E-state index contributed by atoms with van der Waals surface area (Å²) in [7, 11) is -3.69. The first-order valence-electron chi connectivity index (χ1n) is 7.95. The van der Waals surface area contributed by atoms with Gasteiger partial charge in [0.1, 0.15) is 5.82 Å². The molecule has 0 spiro atoms. The second-order valence-corrected chi connectivity index (χ2v) is 7.85. The van der Waals surface area contributed by atoms with Crippen LogP contribution in [-0.4, -0.2) is 18.2 Å². The Morgan fingerprint density at radius 1 is 1.19 bits per heavy atom. The third kappa shape index (κ3) is 4.23. The molecular formula is C18H17ClFN3O2S. The van der Waals surface area contributed by atoms with E-state index in [0.29, 0.717) is 22.8 Å². The van der Waals surface area contributed by atoms with Crippen molar-refractivity contribution in [3.8, 4) is 0 Å². The average Bonchev–Trinajstić information content (AvgIpc) is 3.04. The van der Waals surface area contributed by atoms with Crippen LogP contribution in [0.3, 0.4) is 0 Å². The summed E-state index contributed by atoms with van der Waals surface area (Å²) >= 11 is 6.00. The summed E-state index contributed by atoms with van der Waals surface area (Å²) in [5, 5.41) is 4.41. The molecule has 3 rings (SSSR count). The molecule has 0 bridgehead atoms. The lowest BCUT2D eigenvalue weighted by Gasteiger charge is -2.07. The lowest BCUT2D eigenvalue weighted by atomic mass is 10.2. The fourth-order valence-corrected chi connectivity index (χ4v) is 3.70. The Hall–Kier alpha value is -2.38. The van der Waals surface area contributed by atoms with Gasteiger partial charge in [-0.05, 0) is 41.8 Å². The van der Waals surface area contributed by atoms with Crippen LogP contribution in [0.4, 0.5) is 10.1 Å². The summed E-state index contributed by atoms with van der Waals surface area (Å²) in [6.07, 6.45) is 3.81. The zero-order chi connectivity index (χ0) is 18.7. The Morgan fingerprint density at radius 2 is 1.92 bits per heavy atom.